The van der Waals surface area contributed by atoms with Crippen LogP contribution in [0.4, 0.5) is 0 Å². The van der Waals surface area contributed by atoms with Crippen molar-refractivity contribution in [1.82, 2.24) is 16.0 Å². The summed E-state index contributed by atoms with van der Waals surface area (Å²) in [6, 6.07) is 11.6. The molecule has 184 valence electrons. The molecule has 0 aliphatic heterocycles. The van der Waals surface area contributed by atoms with Crippen molar-refractivity contribution in [2.24, 2.45) is 0 Å². The van der Waals surface area contributed by atoms with Gasteiger partial charge in [0.1, 0.15) is 23.0 Å². The van der Waals surface area contributed by atoms with Gasteiger partial charge in [-0.3, -0.25) is 0 Å². The van der Waals surface area contributed by atoms with Crippen molar-refractivity contribution in [3.63, 3.8) is 0 Å². The van der Waals surface area contributed by atoms with Gasteiger partial charge in [0.15, 0.2) is 0 Å². The van der Waals surface area contributed by atoms with Crippen LogP contribution in [0.25, 0.3) is 0 Å². The summed E-state index contributed by atoms with van der Waals surface area (Å²) in [5, 5.41) is 10.3. The molecule has 0 saturated carbocycles. The van der Waals surface area contributed by atoms with Crippen LogP contribution in [-0.2, 0) is 13.1 Å². The zero-order valence-electron chi connectivity index (χ0n) is 19.1. The van der Waals surface area contributed by atoms with Crippen LogP contribution >= 0.6 is 37.2 Å². The Morgan fingerprint density at radius 2 is 0.906 bits per heavy atom. The second-order valence-corrected chi connectivity index (χ2v) is 6.46. The lowest BCUT2D eigenvalue weighted by molar-refractivity contribution is 0.396. The molecule has 0 aliphatic rings. The fraction of sp³-hybridized carbons (Fsp3) is 0.455. The molecule has 0 aromatic heterocycles. The molecule has 2 rings (SSSR count). The Labute approximate surface area is 210 Å². The average molecular weight is 513 g/mol. The fourth-order valence-electron chi connectivity index (χ4n) is 2.96. The van der Waals surface area contributed by atoms with E-state index in [1.54, 1.807) is 28.4 Å². The SMILES string of the molecule is COc1ccc(OC)c(CNCCNCCNCc2cc(OC)ccc2OC)c1.Cl.Cl.Cl. The van der Waals surface area contributed by atoms with E-state index in [1.807, 2.05) is 36.4 Å². The number of ether oxygens (including phenoxy) is 4. The van der Waals surface area contributed by atoms with Gasteiger partial charge in [0.05, 0.1) is 28.4 Å². The molecule has 0 bridgehead atoms. The molecule has 3 N–H and O–H groups in total. The van der Waals surface area contributed by atoms with E-state index in [1.165, 1.54) is 0 Å². The lowest BCUT2D eigenvalue weighted by Gasteiger charge is -2.13. The van der Waals surface area contributed by atoms with Crippen molar-refractivity contribution < 1.29 is 18.9 Å². The van der Waals surface area contributed by atoms with Gasteiger partial charge in [-0.2, -0.15) is 0 Å². The van der Waals surface area contributed by atoms with Crippen LogP contribution in [0.1, 0.15) is 11.1 Å². The fourth-order valence-corrected chi connectivity index (χ4v) is 2.96. The molecule has 7 nitrogen and oxygen atoms in total. The number of rotatable bonds is 14. The number of benzene rings is 2. The lowest BCUT2D eigenvalue weighted by Crippen LogP contribution is -2.32. The molecule has 32 heavy (non-hydrogen) atoms. The second-order valence-electron chi connectivity index (χ2n) is 6.46. The predicted molar refractivity (Wildman–Crippen MR) is 137 cm³/mol. The largest absolute Gasteiger partial charge is 0.497 e. The van der Waals surface area contributed by atoms with Crippen molar-refractivity contribution in [3.05, 3.63) is 47.5 Å². The maximum atomic E-state index is 5.40. The van der Waals surface area contributed by atoms with E-state index in [0.29, 0.717) is 0 Å². The Morgan fingerprint density at radius 1 is 0.531 bits per heavy atom. The third-order valence-electron chi connectivity index (χ3n) is 4.56. The minimum absolute atomic E-state index is 0. The summed E-state index contributed by atoms with van der Waals surface area (Å²) in [4.78, 5) is 0. The van der Waals surface area contributed by atoms with E-state index in [9.17, 15) is 0 Å². The molecule has 0 aliphatic carbocycles. The third kappa shape index (κ3) is 10.8. The third-order valence-corrected chi connectivity index (χ3v) is 4.56. The van der Waals surface area contributed by atoms with Gasteiger partial charge < -0.3 is 34.9 Å². The number of methoxy groups -OCH3 is 4. The van der Waals surface area contributed by atoms with Crippen LogP contribution in [-0.4, -0.2) is 54.6 Å². The van der Waals surface area contributed by atoms with Gasteiger partial charge >= 0.3 is 0 Å². The van der Waals surface area contributed by atoms with E-state index < -0.39 is 0 Å². The van der Waals surface area contributed by atoms with Gasteiger partial charge in [0, 0.05) is 50.4 Å². The minimum Gasteiger partial charge on any atom is -0.497 e. The van der Waals surface area contributed by atoms with Crippen LogP contribution in [0, 0.1) is 0 Å². The lowest BCUT2D eigenvalue weighted by atomic mass is 10.2. The highest BCUT2D eigenvalue weighted by atomic mass is 35.5. The topological polar surface area (TPSA) is 73.0 Å². The van der Waals surface area contributed by atoms with Crippen LogP contribution in [0.5, 0.6) is 23.0 Å². The monoisotopic (exact) mass is 511 g/mol. The molecule has 2 aromatic rings. The zero-order chi connectivity index (χ0) is 20.9. The number of halogens is 3. The van der Waals surface area contributed by atoms with Gasteiger partial charge in [-0.05, 0) is 36.4 Å². The average Bonchev–Trinajstić information content (AvgIpc) is 2.77. The molecule has 0 fully saturated rings. The predicted octanol–water partition coefficient (Wildman–Crippen LogP) is 3.46. The van der Waals surface area contributed by atoms with Crippen LogP contribution in [0.15, 0.2) is 36.4 Å². The molecule has 10 heteroatoms. The zero-order valence-corrected chi connectivity index (χ0v) is 21.5. The summed E-state index contributed by atoms with van der Waals surface area (Å²) in [6.07, 6.45) is 0. The molecule has 0 saturated heterocycles. The Hall–Kier alpha value is -1.61. The Balaban J connectivity index is 0. The van der Waals surface area contributed by atoms with Gasteiger partial charge in [-0.1, -0.05) is 0 Å². The molecular formula is C22H36Cl3N3O4. The van der Waals surface area contributed by atoms with Gasteiger partial charge in [-0.25, -0.2) is 0 Å². The summed E-state index contributed by atoms with van der Waals surface area (Å²) in [5.41, 5.74) is 2.17. The summed E-state index contributed by atoms with van der Waals surface area (Å²) < 4.78 is 21.4. The van der Waals surface area contributed by atoms with E-state index in [2.05, 4.69) is 16.0 Å². The molecule has 0 unspecified atom stereocenters. The Morgan fingerprint density at radius 3 is 1.25 bits per heavy atom. The normalized spacial score (nSPS) is 9.62. The Kier molecular flexibility index (Phi) is 19.2. The number of hydrogen-bond donors (Lipinski definition) is 3. The van der Waals surface area contributed by atoms with E-state index >= 15 is 0 Å². The summed E-state index contributed by atoms with van der Waals surface area (Å²) >= 11 is 0. The van der Waals surface area contributed by atoms with Crippen LogP contribution in [0.3, 0.4) is 0 Å². The first-order valence-electron chi connectivity index (χ1n) is 9.75. The van der Waals surface area contributed by atoms with Gasteiger partial charge in [0.2, 0.25) is 0 Å². The van der Waals surface area contributed by atoms with Crippen molar-refractivity contribution in [2.75, 3.05) is 54.6 Å². The quantitative estimate of drug-likeness (QED) is 0.335. The smallest absolute Gasteiger partial charge is 0.123 e. The van der Waals surface area contributed by atoms with Crippen molar-refractivity contribution in [2.45, 2.75) is 13.1 Å². The molecule has 0 spiro atoms. The molecule has 0 radical (unpaired) electrons. The maximum Gasteiger partial charge on any atom is 0.123 e. The first-order valence-corrected chi connectivity index (χ1v) is 9.75. The van der Waals surface area contributed by atoms with Crippen LogP contribution in [0.2, 0.25) is 0 Å². The van der Waals surface area contributed by atoms with Crippen molar-refractivity contribution in [3.8, 4) is 23.0 Å². The highest BCUT2D eigenvalue weighted by Crippen LogP contribution is 2.24. The van der Waals surface area contributed by atoms with E-state index in [-0.39, 0.29) is 37.2 Å². The molecule has 2 aromatic carbocycles. The number of nitrogens with one attached hydrogen (secondary N) is 3. The minimum atomic E-state index is 0. The van der Waals surface area contributed by atoms with Crippen molar-refractivity contribution >= 4 is 37.2 Å². The van der Waals surface area contributed by atoms with E-state index in [4.69, 9.17) is 18.9 Å². The Bertz CT molecular complexity index is 693. The molecule has 0 heterocycles. The first kappa shape index (κ1) is 32.6. The van der Waals surface area contributed by atoms with Gasteiger partial charge in [-0.15, -0.1) is 37.2 Å². The molecular weight excluding hydrogens is 477 g/mol. The second kappa shape index (κ2) is 18.9. The summed E-state index contributed by atoms with van der Waals surface area (Å²) in [5.74, 6) is 3.39. The van der Waals surface area contributed by atoms with E-state index in [0.717, 1.165) is 73.4 Å². The molecule has 0 amide bonds. The highest BCUT2D eigenvalue weighted by Gasteiger charge is 2.05. The first-order chi connectivity index (χ1) is 14.2. The summed E-state index contributed by atoms with van der Waals surface area (Å²) in [6.45, 7) is 4.97. The van der Waals surface area contributed by atoms with Crippen LogP contribution < -0.4 is 34.9 Å². The van der Waals surface area contributed by atoms with Gasteiger partial charge in [0.25, 0.3) is 0 Å². The standard InChI is InChI=1S/C22H33N3O4.3ClH/c1-26-19-5-7-21(28-3)17(13-19)15-24-11-9-23-10-12-25-16-18-14-20(27-2)6-8-22(18)29-4;;;/h5-8,13-14,23-25H,9-12,15-16H2,1-4H3;3*1H. The molecule has 0 atom stereocenters. The van der Waals surface area contributed by atoms with Crippen molar-refractivity contribution in [1.29, 1.82) is 0 Å². The maximum absolute atomic E-state index is 5.40. The number of hydrogen-bond acceptors (Lipinski definition) is 7. The highest BCUT2D eigenvalue weighted by molar-refractivity contribution is 5.86. The summed E-state index contributed by atoms with van der Waals surface area (Å²) in [7, 11) is 6.70.